The molecule has 8 heteroatoms. The number of fused-ring (bicyclic) bond motifs is 2. The zero-order valence-electron chi connectivity index (χ0n) is 19.0. The van der Waals surface area contributed by atoms with Crippen LogP contribution in [0.2, 0.25) is 5.02 Å². The summed E-state index contributed by atoms with van der Waals surface area (Å²) in [6.45, 7) is 4.14. The second-order valence-electron chi connectivity index (χ2n) is 8.24. The van der Waals surface area contributed by atoms with Gasteiger partial charge in [0.1, 0.15) is 11.5 Å². The number of amides is 1. The van der Waals surface area contributed by atoms with Crippen molar-refractivity contribution < 1.29 is 9.21 Å². The van der Waals surface area contributed by atoms with E-state index in [1.54, 1.807) is 16.8 Å². The molecular formula is C26H25ClN4O2S. The number of thioether (sulfide) groups is 1. The third-order valence-corrected chi connectivity index (χ3v) is 7.28. The van der Waals surface area contributed by atoms with Gasteiger partial charge in [-0.2, -0.15) is 0 Å². The van der Waals surface area contributed by atoms with Gasteiger partial charge in [-0.05, 0) is 43.2 Å². The molecule has 1 amide bonds. The van der Waals surface area contributed by atoms with Crippen LogP contribution in [0.3, 0.4) is 0 Å². The summed E-state index contributed by atoms with van der Waals surface area (Å²) < 4.78 is 6.28. The summed E-state index contributed by atoms with van der Waals surface area (Å²) in [6.07, 6.45) is 2.78. The van der Waals surface area contributed by atoms with Gasteiger partial charge in [0.15, 0.2) is 10.9 Å². The Morgan fingerprint density at radius 2 is 1.97 bits per heavy atom. The number of rotatable bonds is 6. The molecule has 34 heavy (non-hydrogen) atoms. The van der Waals surface area contributed by atoms with Gasteiger partial charge >= 0.3 is 0 Å². The molecular weight excluding hydrogens is 468 g/mol. The Hall–Kier alpha value is -3.03. The van der Waals surface area contributed by atoms with Gasteiger partial charge in [0.2, 0.25) is 6.17 Å². The van der Waals surface area contributed by atoms with Crippen molar-refractivity contribution in [1.82, 2.24) is 10.3 Å². The van der Waals surface area contributed by atoms with Crippen molar-refractivity contribution in [3.05, 3.63) is 81.5 Å². The van der Waals surface area contributed by atoms with Crippen LogP contribution in [0.1, 0.15) is 43.7 Å². The van der Waals surface area contributed by atoms with Crippen LogP contribution >= 0.6 is 23.4 Å². The Morgan fingerprint density at radius 1 is 1.12 bits per heavy atom. The Kier molecular flexibility index (Phi) is 6.48. The summed E-state index contributed by atoms with van der Waals surface area (Å²) in [5.74, 6) is 2.02. The Labute approximate surface area is 207 Å². The first-order valence-corrected chi connectivity index (χ1v) is 12.8. The van der Waals surface area contributed by atoms with E-state index in [2.05, 4.69) is 12.2 Å². The van der Waals surface area contributed by atoms with Crippen molar-refractivity contribution in [2.45, 2.75) is 39.3 Å². The first kappa shape index (κ1) is 22.7. The molecule has 0 unspecified atom stereocenters. The highest BCUT2D eigenvalue weighted by Gasteiger charge is 2.36. The zero-order chi connectivity index (χ0) is 23.7. The predicted octanol–water partition coefficient (Wildman–Crippen LogP) is 4.97. The van der Waals surface area contributed by atoms with E-state index in [1.807, 2.05) is 61.5 Å². The van der Waals surface area contributed by atoms with E-state index in [4.69, 9.17) is 26.1 Å². The molecule has 1 atom stereocenters. The van der Waals surface area contributed by atoms with Gasteiger partial charge in [-0.3, -0.25) is 10.1 Å². The maximum absolute atomic E-state index is 13.2. The maximum atomic E-state index is 13.2. The second-order valence-corrected chi connectivity index (χ2v) is 9.73. The minimum absolute atomic E-state index is 0.183. The lowest BCUT2D eigenvalue weighted by molar-refractivity contribution is -0.116. The van der Waals surface area contributed by atoms with Crippen molar-refractivity contribution in [2.24, 2.45) is 10.1 Å². The highest BCUT2D eigenvalue weighted by molar-refractivity contribution is 8.13. The number of carbonyl (C=O) groups excluding carboxylic acids is 1. The first-order chi connectivity index (χ1) is 16.6. The van der Waals surface area contributed by atoms with Gasteiger partial charge in [0, 0.05) is 21.6 Å². The summed E-state index contributed by atoms with van der Waals surface area (Å²) in [5.41, 5.74) is 2.35. The van der Waals surface area contributed by atoms with Gasteiger partial charge in [-0.1, -0.05) is 73.5 Å². The quantitative estimate of drug-likeness (QED) is 0.493. The van der Waals surface area contributed by atoms with Crippen molar-refractivity contribution in [3.8, 4) is 11.3 Å². The van der Waals surface area contributed by atoms with E-state index in [1.165, 1.54) is 0 Å². The molecule has 2 aliphatic heterocycles. The summed E-state index contributed by atoms with van der Waals surface area (Å²) in [4.78, 5) is 18.1. The molecule has 0 saturated carbocycles. The number of para-hydroxylation sites is 1. The topological polar surface area (TPSA) is 70.2 Å². The number of halogens is 1. The van der Waals surface area contributed by atoms with E-state index < -0.39 is 6.17 Å². The summed E-state index contributed by atoms with van der Waals surface area (Å²) in [7, 11) is 0. The molecule has 2 aromatic carbocycles. The zero-order valence-corrected chi connectivity index (χ0v) is 20.6. The molecule has 2 aliphatic rings. The minimum Gasteiger partial charge on any atom is -0.457 e. The molecule has 0 saturated heterocycles. The maximum Gasteiger partial charge on any atom is 0.276 e. The van der Waals surface area contributed by atoms with Crippen LogP contribution < -0.4 is 15.9 Å². The number of amidine groups is 1. The van der Waals surface area contributed by atoms with Gasteiger partial charge in [0.05, 0.1) is 5.36 Å². The number of nitrogens with zero attached hydrogens (tertiary/aromatic N) is 3. The molecule has 0 radical (unpaired) electrons. The van der Waals surface area contributed by atoms with Crippen molar-refractivity contribution in [2.75, 3.05) is 5.75 Å². The predicted molar refractivity (Wildman–Crippen MR) is 137 cm³/mol. The monoisotopic (exact) mass is 492 g/mol. The molecule has 6 nitrogen and oxygen atoms in total. The first-order valence-electron chi connectivity index (χ1n) is 11.4. The summed E-state index contributed by atoms with van der Waals surface area (Å²) in [6, 6.07) is 17.2. The average molecular weight is 493 g/mol. The highest BCUT2D eigenvalue weighted by Crippen LogP contribution is 2.35. The molecule has 1 aromatic heterocycles. The third kappa shape index (κ3) is 4.26. The Morgan fingerprint density at radius 3 is 2.82 bits per heavy atom. The normalized spacial score (nSPS) is 17.0. The van der Waals surface area contributed by atoms with Gasteiger partial charge < -0.3 is 4.42 Å². The lowest BCUT2D eigenvalue weighted by Crippen LogP contribution is -2.50. The van der Waals surface area contributed by atoms with E-state index in [9.17, 15) is 4.79 Å². The van der Waals surface area contributed by atoms with Crippen LogP contribution in [0.15, 0.2) is 69.1 Å². The van der Waals surface area contributed by atoms with Crippen LogP contribution in [0.25, 0.3) is 17.0 Å². The number of hydrazone groups is 1. The average Bonchev–Trinajstić information content (AvgIpc) is 3.32. The van der Waals surface area contributed by atoms with Gasteiger partial charge in [-0.15, -0.1) is 5.10 Å². The Balaban J connectivity index is 1.56. The molecule has 0 bridgehead atoms. The van der Waals surface area contributed by atoms with E-state index in [0.717, 1.165) is 46.7 Å². The molecule has 0 fully saturated rings. The van der Waals surface area contributed by atoms with Crippen molar-refractivity contribution in [1.29, 1.82) is 0 Å². The molecule has 1 N–H and O–H groups in total. The minimum atomic E-state index is -0.588. The van der Waals surface area contributed by atoms with Crippen LogP contribution in [-0.4, -0.2) is 21.8 Å². The summed E-state index contributed by atoms with van der Waals surface area (Å²) >= 11 is 7.88. The Bertz CT molecular complexity index is 1400. The lowest BCUT2D eigenvalue weighted by Gasteiger charge is -2.32. The second kappa shape index (κ2) is 9.68. The van der Waals surface area contributed by atoms with Crippen molar-refractivity contribution >= 4 is 40.1 Å². The smallest absolute Gasteiger partial charge is 0.276 e. The number of benzene rings is 2. The van der Waals surface area contributed by atoms with Gasteiger partial charge in [-0.25, -0.2) is 10.0 Å². The van der Waals surface area contributed by atoms with E-state index in [-0.39, 0.29) is 5.91 Å². The van der Waals surface area contributed by atoms with Crippen LogP contribution in [0.4, 0.5) is 0 Å². The van der Waals surface area contributed by atoms with Crippen LogP contribution in [-0.2, 0) is 4.79 Å². The van der Waals surface area contributed by atoms with Crippen molar-refractivity contribution in [3.63, 3.8) is 0 Å². The number of furan rings is 1. The SMILES string of the molecule is CCCCCSC1=NN2C(=c3ccccc3=N[C@@H]2c2ccc(-c3cccc(Cl)c3C)o2)C(=O)N1. The third-order valence-electron chi connectivity index (χ3n) is 5.92. The molecule has 174 valence electrons. The molecule has 0 spiro atoms. The fourth-order valence-corrected chi connectivity index (χ4v) is 5.14. The number of nitrogens with one attached hydrogen (secondary N) is 1. The molecule has 0 aliphatic carbocycles. The fraction of sp³-hybridized carbons (Fsp3) is 0.269. The van der Waals surface area contributed by atoms with Crippen LogP contribution in [0, 0.1) is 6.92 Å². The number of hydrogen-bond donors (Lipinski definition) is 1. The molecule has 3 aromatic rings. The lowest BCUT2D eigenvalue weighted by atomic mass is 10.1. The fourth-order valence-electron chi connectivity index (χ4n) is 4.11. The van der Waals surface area contributed by atoms with Crippen LogP contribution in [0.5, 0.6) is 0 Å². The number of hydrogen-bond acceptors (Lipinski definition) is 6. The number of carbonyl (C=O) groups is 1. The largest absolute Gasteiger partial charge is 0.457 e. The molecule has 5 rings (SSSR count). The summed E-state index contributed by atoms with van der Waals surface area (Å²) in [5, 5.41) is 12.2. The van der Waals surface area contributed by atoms with E-state index >= 15 is 0 Å². The van der Waals surface area contributed by atoms with Gasteiger partial charge in [0.25, 0.3) is 5.91 Å². The highest BCUT2D eigenvalue weighted by atomic mass is 35.5. The number of unbranched alkanes of at least 4 members (excludes halogenated alkanes) is 2. The molecule has 3 heterocycles. The van der Waals surface area contributed by atoms with E-state index in [0.29, 0.717) is 27.4 Å². The standard InChI is InChI=1S/C26H25ClN4O2S/c1-3-4-7-15-34-26-29-25(32)23-18-9-5-6-12-20(18)28-24(31(23)30-26)22-14-13-21(33-22)17-10-8-11-19(27)16(17)2/h5-6,8-14,24H,3-4,7,15H2,1-2H3,(H,29,30,32)/t24-/m0/s1.